The summed E-state index contributed by atoms with van der Waals surface area (Å²) in [6, 6.07) is 18.0. The number of para-hydroxylation sites is 1. The molecule has 0 fully saturated rings. The Morgan fingerprint density at radius 1 is 1.13 bits per heavy atom. The van der Waals surface area contributed by atoms with Gasteiger partial charge in [0, 0.05) is 40.7 Å². The molecule has 0 spiro atoms. The molecule has 2 heterocycles. The Hall–Kier alpha value is -3.71. The summed E-state index contributed by atoms with van der Waals surface area (Å²) >= 11 is 6.06. The molecule has 0 aliphatic carbocycles. The minimum absolute atomic E-state index is 0.310. The molecule has 2 aromatic carbocycles. The van der Waals surface area contributed by atoms with E-state index in [4.69, 9.17) is 16.3 Å². The molecule has 0 unspecified atom stereocenters. The first-order valence-electron chi connectivity index (χ1n) is 9.19. The predicted molar refractivity (Wildman–Crippen MR) is 115 cm³/mol. The van der Waals surface area contributed by atoms with Gasteiger partial charge in [0.05, 0.1) is 7.11 Å². The Bertz CT molecular complexity index is 1180. The van der Waals surface area contributed by atoms with Crippen molar-refractivity contribution in [2.24, 2.45) is 0 Å². The van der Waals surface area contributed by atoms with E-state index in [2.05, 4.69) is 20.4 Å². The highest BCUT2D eigenvalue weighted by Crippen LogP contribution is 2.22. The Balaban J connectivity index is 1.70. The van der Waals surface area contributed by atoms with Gasteiger partial charge in [0.1, 0.15) is 5.75 Å². The van der Waals surface area contributed by atoms with Crippen molar-refractivity contribution in [2.45, 2.75) is 6.54 Å². The quantitative estimate of drug-likeness (QED) is 0.501. The summed E-state index contributed by atoms with van der Waals surface area (Å²) in [5, 5.41) is 8.08. The highest BCUT2D eigenvalue weighted by Gasteiger charge is 2.19. The number of carbonyl (C=O) groups excluding carboxylic acids is 1. The second-order valence-corrected chi connectivity index (χ2v) is 6.83. The molecule has 0 radical (unpaired) electrons. The zero-order chi connectivity index (χ0) is 20.9. The van der Waals surface area contributed by atoms with Crippen LogP contribution in [-0.2, 0) is 6.54 Å². The average molecular weight is 420 g/mol. The zero-order valence-corrected chi connectivity index (χ0v) is 16.9. The van der Waals surface area contributed by atoms with Crippen LogP contribution in [0.1, 0.15) is 15.9 Å². The molecule has 4 rings (SSSR count). The number of nitrogens with one attached hydrogen (secondary N) is 1. The fourth-order valence-electron chi connectivity index (χ4n) is 2.95. The van der Waals surface area contributed by atoms with Crippen molar-refractivity contribution in [1.82, 2.24) is 19.7 Å². The third-order valence-corrected chi connectivity index (χ3v) is 4.66. The van der Waals surface area contributed by atoms with Gasteiger partial charge in [0.25, 0.3) is 5.91 Å². The SMILES string of the molecule is COc1ccccc1CNc1nc(-c2cccnc2)nn1C(=O)c1cccc(Cl)c1. The number of rotatable bonds is 6. The van der Waals surface area contributed by atoms with Gasteiger partial charge >= 0.3 is 0 Å². The first kappa shape index (κ1) is 19.6. The standard InChI is InChI=1S/C22H18ClN5O2/c1-30-19-10-3-2-6-16(19)14-25-22-26-20(17-8-5-11-24-13-17)27-28(22)21(29)15-7-4-9-18(23)12-15/h2-13H,14H2,1H3,(H,25,26,27). The molecule has 7 nitrogen and oxygen atoms in total. The average Bonchev–Trinajstić information content (AvgIpc) is 3.22. The summed E-state index contributed by atoms with van der Waals surface area (Å²) in [6.07, 6.45) is 3.31. The van der Waals surface area contributed by atoms with Crippen LogP contribution < -0.4 is 10.1 Å². The molecule has 0 saturated heterocycles. The van der Waals surface area contributed by atoms with Gasteiger partial charge in [-0.3, -0.25) is 9.78 Å². The lowest BCUT2D eigenvalue weighted by Crippen LogP contribution is -2.17. The maximum atomic E-state index is 13.1. The summed E-state index contributed by atoms with van der Waals surface area (Å²) in [5.74, 6) is 1.10. The maximum Gasteiger partial charge on any atom is 0.281 e. The first-order valence-corrected chi connectivity index (χ1v) is 9.57. The number of methoxy groups -OCH3 is 1. The Kier molecular flexibility index (Phi) is 5.72. The van der Waals surface area contributed by atoms with Crippen LogP contribution >= 0.6 is 11.6 Å². The van der Waals surface area contributed by atoms with Gasteiger partial charge in [-0.1, -0.05) is 35.9 Å². The molecule has 0 amide bonds. The van der Waals surface area contributed by atoms with Gasteiger partial charge in [0.15, 0.2) is 5.82 Å². The number of anilines is 1. The number of halogens is 1. The molecule has 2 aromatic heterocycles. The van der Waals surface area contributed by atoms with Crippen LogP contribution in [0, 0.1) is 0 Å². The molecule has 30 heavy (non-hydrogen) atoms. The Labute approximate surface area is 178 Å². The van der Waals surface area contributed by atoms with E-state index in [-0.39, 0.29) is 5.91 Å². The summed E-state index contributed by atoms with van der Waals surface area (Å²) in [6.45, 7) is 0.401. The van der Waals surface area contributed by atoms with Crippen molar-refractivity contribution in [3.63, 3.8) is 0 Å². The number of hydrogen-bond donors (Lipinski definition) is 1. The molecule has 0 bridgehead atoms. The van der Waals surface area contributed by atoms with Gasteiger partial charge in [-0.25, -0.2) is 0 Å². The minimum Gasteiger partial charge on any atom is -0.496 e. The van der Waals surface area contributed by atoms with Crippen molar-refractivity contribution in [1.29, 1.82) is 0 Å². The topological polar surface area (TPSA) is 81.9 Å². The Morgan fingerprint density at radius 3 is 2.77 bits per heavy atom. The summed E-state index contributed by atoms with van der Waals surface area (Å²) in [5.41, 5.74) is 2.04. The molecule has 150 valence electrons. The highest BCUT2D eigenvalue weighted by molar-refractivity contribution is 6.31. The lowest BCUT2D eigenvalue weighted by Gasteiger charge is -2.10. The third-order valence-electron chi connectivity index (χ3n) is 4.42. The van der Waals surface area contributed by atoms with Gasteiger partial charge in [0.2, 0.25) is 5.95 Å². The minimum atomic E-state index is -0.345. The number of carbonyl (C=O) groups is 1. The summed E-state index contributed by atoms with van der Waals surface area (Å²) < 4.78 is 6.64. The number of aromatic nitrogens is 4. The van der Waals surface area contributed by atoms with E-state index in [0.717, 1.165) is 11.3 Å². The second-order valence-electron chi connectivity index (χ2n) is 6.39. The number of pyridine rings is 1. The molecule has 0 atom stereocenters. The van der Waals surface area contributed by atoms with Crippen LogP contribution in [0.15, 0.2) is 73.1 Å². The van der Waals surface area contributed by atoms with E-state index in [1.165, 1.54) is 4.68 Å². The van der Waals surface area contributed by atoms with E-state index in [0.29, 0.717) is 34.5 Å². The monoisotopic (exact) mass is 419 g/mol. The zero-order valence-electron chi connectivity index (χ0n) is 16.1. The van der Waals surface area contributed by atoms with Crippen LogP contribution in [0.3, 0.4) is 0 Å². The van der Waals surface area contributed by atoms with E-state index < -0.39 is 0 Å². The van der Waals surface area contributed by atoms with Crippen LogP contribution in [0.2, 0.25) is 5.02 Å². The van der Waals surface area contributed by atoms with Gasteiger partial charge in [-0.15, -0.1) is 5.10 Å². The molecular formula is C22H18ClN5O2. The van der Waals surface area contributed by atoms with E-state index in [1.807, 2.05) is 30.3 Å². The van der Waals surface area contributed by atoms with Crippen molar-refractivity contribution >= 4 is 23.5 Å². The molecule has 4 aromatic rings. The number of hydrogen-bond acceptors (Lipinski definition) is 6. The van der Waals surface area contributed by atoms with Crippen molar-refractivity contribution in [3.05, 3.63) is 89.2 Å². The molecule has 0 saturated carbocycles. The van der Waals surface area contributed by atoms with Gasteiger partial charge < -0.3 is 10.1 Å². The Morgan fingerprint density at radius 2 is 2.00 bits per heavy atom. The van der Waals surface area contributed by atoms with Crippen molar-refractivity contribution < 1.29 is 9.53 Å². The van der Waals surface area contributed by atoms with Crippen LogP contribution in [0.4, 0.5) is 5.95 Å². The predicted octanol–water partition coefficient (Wildman–Crippen LogP) is 4.30. The third kappa shape index (κ3) is 4.16. The normalized spacial score (nSPS) is 10.6. The summed E-state index contributed by atoms with van der Waals surface area (Å²) in [7, 11) is 1.62. The molecule has 0 aliphatic rings. The molecule has 8 heteroatoms. The second kappa shape index (κ2) is 8.75. The largest absolute Gasteiger partial charge is 0.496 e. The van der Waals surface area contributed by atoms with Gasteiger partial charge in [-0.2, -0.15) is 9.67 Å². The van der Waals surface area contributed by atoms with Gasteiger partial charge in [-0.05, 0) is 36.4 Å². The van der Waals surface area contributed by atoms with Crippen LogP contribution in [0.5, 0.6) is 5.75 Å². The van der Waals surface area contributed by atoms with E-state index >= 15 is 0 Å². The summed E-state index contributed by atoms with van der Waals surface area (Å²) in [4.78, 5) is 21.7. The number of nitrogens with zero attached hydrogens (tertiary/aromatic N) is 4. The molecular weight excluding hydrogens is 402 g/mol. The number of benzene rings is 2. The molecule has 0 aliphatic heterocycles. The maximum absolute atomic E-state index is 13.1. The smallest absolute Gasteiger partial charge is 0.281 e. The fraction of sp³-hybridized carbons (Fsp3) is 0.0909. The molecule has 1 N–H and O–H groups in total. The van der Waals surface area contributed by atoms with Crippen LogP contribution in [0.25, 0.3) is 11.4 Å². The van der Waals surface area contributed by atoms with E-state index in [1.54, 1.807) is 49.8 Å². The van der Waals surface area contributed by atoms with Crippen LogP contribution in [-0.4, -0.2) is 32.8 Å². The van der Waals surface area contributed by atoms with Crippen molar-refractivity contribution in [2.75, 3.05) is 12.4 Å². The lowest BCUT2D eigenvalue weighted by molar-refractivity contribution is 0.0947. The lowest BCUT2D eigenvalue weighted by atomic mass is 10.2. The number of ether oxygens (including phenoxy) is 1. The van der Waals surface area contributed by atoms with Crippen molar-refractivity contribution in [3.8, 4) is 17.1 Å². The fourth-order valence-corrected chi connectivity index (χ4v) is 3.14. The first-order chi connectivity index (χ1) is 14.7. The van der Waals surface area contributed by atoms with E-state index in [9.17, 15) is 4.79 Å². The highest BCUT2D eigenvalue weighted by atomic mass is 35.5.